The van der Waals surface area contributed by atoms with Crippen LogP contribution in [0.3, 0.4) is 0 Å². The second kappa shape index (κ2) is 5.66. The standard InChI is InChI=1S/C14H20N4OS/c1-14(2,3)12-17-13(20-18-12)16-8-9-5-6-11(19-4)10(15)7-9/h5-7H,8,15H2,1-4H3,(H,16,17,18). The average molecular weight is 292 g/mol. The maximum atomic E-state index is 5.88. The molecule has 0 aliphatic carbocycles. The van der Waals surface area contributed by atoms with Crippen LogP contribution in [0, 0.1) is 0 Å². The number of nitrogens with one attached hydrogen (secondary N) is 1. The Bertz CT molecular complexity index is 589. The van der Waals surface area contributed by atoms with Gasteiger partial charge in [-0.2, -0.15) is 4.37 Å². The normalized spacial score (nSPS) is 11.4. The molecule has 1 aromatic carbocycles. The van der Waals surface area contributed by atoms with Crippen LogP contribution in [0.1, 0.15) is 32.2 Å². The largest absolute Gasteiger partial charge is 0.495 e. The molecule has 6 heteroatoms. The first-order chi connectivity index (χ1) is 9.40. The smallest absolute Gasteiger partial charge is 0.202 e. The molecule has 0 aliphatic heterocycles. The molecule has 0 saturated heterocycles. The van der Waals surface area contributed by atoms with Crippen molar-refractivity contribution in [2.45, 2.75) is 32.7 Å². The summed E-state index contributed by atoms with van der Waals surface area (Å²) in [6.07, 6.45) is 0. The number of nitrogens with zero attached hydrogens (tertiary/aromatic N) is 2. The van der Waals surface area contributed by atoms with Crippen LogP contribution in [0.5, 0.6) is 5.75 Å². The Hall–Kier alpha value is -1.82. The lowest BCUT2D eigenvalue weighted by atomic mass is 9.96. The number of hydrogen-bond acceptors (Lipinski definition) is 6. The van der Waals surface area contributed by atoms with E-state index in [2.05, 4.69) is 35.4 Å². The average Bonchev–Trinajstić information content (AvgIpc) is 2.85. The molecule has 1 heterocycles. The van der Waals surface area contributed by atoms with E-state index < -0.39 is 0 Å². The fourth-order valence-corrected chi connectivity index (χ4v) is 2.42. The SMILES string of the molecule is COc1ccc(CNc2nc(C(C)(C)C)ns2)cc1N. The Balaban J connectivity index is 2.02. The minimum absolute atomic E-state index is 0.0268. The first-order valence-corrected chi connectivity index (χ1v) is 7.18. The quantitative estimate of drug-likeness (QED) is 0.847. The summed E-state index contributed by atoms with van der Waals surface area (Å²) in [4.78, 5) is 4.49. The van der Waals surface area contributed by atoms with Crippen molar-refractivity contribution < 1.29 is 4.74 Å². The van der Waals surface area contributed by atoms with E-state index in [9.17, 15) is 0 Å². The molecule has 0 radical (unpaired) electrons. The molecular formula is C14H20N4OS. The summed E-state index contributed by atoms with van der Waals surface area (Å²) in [6, 6.07) is 5.75. The number of benzene rings is 1. The van der Waals surface area contributed by atoms with Crippen molar-refractivity contribution >= 4 is 22.4 Å². The van der Waals surface area contributed by atoms with Gasteiger partial charge in [-0.15, -0.1) is 0 Å². The molecule has 3 N–H and O–H groups in total. The number of ether oxygens (including phenoxy) is 1. The van der Waals surface area contributed by atoms with Crippen LogP contribution < -0.4 is 15.8 Å². The van der Waals surface area contributed by atoms with Crippen molar-refractivity contribution in [3.05, 3.63) is 29.6 Å². The van der Waals surface area contributed by atoms with Gasteiger partial charge in [-0.3, -0.25) is 0 Å². The number of hydrogen-bond donors (Lipinski definition) is 2. The monoisotopic (exact) mass is 292 g/mol. The number of rotatable bonds is 4. The summed E-state index contributed by atoms with van der Waals surface area (Å²) in [7, 11) is 1.61. The Morgan fingerprint density at radius 3 is 2.65 bits per heavy atom. The van der Waals surface area contributed by atoms with E-state index >= 15 is 0 Å². The minimum Gasteiger partial charge on any atom is -0.495 e. The van der Waals surface area contributed by atoms with Gasteiger partial charge in [0.2, 0.25) is 5.13 Å². The molecular weight excluding hydrogens is 272 g/mol. The zero-order valence-electron chi connectivity index (χ0n) is 12.2. The van der Waals surface area contributed by atoms with Crippen molar-refractivity contribution in [2.24, 2.45) is 0 Å². The van der Waals surface area contributed by atoms with Crippen molar-refractivity contribution in [3.63, 3.8) is 0 Å². The molecule has 2 rings (SSSR count). The summed E-state index contributed by atoms with van der Waals surface area (Å²) in [6.45, 7) is 6.96. The summed E-state index contributed by atoms with van der Waals surface area (Å²) in [5.74, 6) is 1.55. The highest BCUT2D eigenvalue weighted by Crippen LogP contribution is 2.25. The summed E-state index contributed by atoms with van der Waals surface area (Å²) in [5, 5.41) is 4.09. The van der Waals surface area contributed by atoms with E-state index in [4.69, 9.17) is 10.5 Å². The Kier molecular flexibility index (Phi) is 4.13. The molecule has 1 aromatic heterocycles. The number of nitrogen functional groups attached to an aromatic ring is 1. The molecule has 5 nitrogen and oxygen atoms in total. The molecule has 0 fully saturated rings. The summed E-state index contributed by atoms with van der Waals surface area (Å²) < 4.78 is 9.51. The highest BCUT2D eigenvalue weighted by molar-refractivity contribution is 7.09. The summed E-state index contributed by atoms with van der Waals surface area (Å²) >= 11 is 1.38. The topological polar surface area (TPSA) is 73.1 Å². The fourth-order valence-electron chi connectivity index (χ4n) is 1.67. The third-order valence-electron chi connectivity index (χ3n) is 2.83. The van der Waals surface area contributed by atoms with Gasteiger partial charge in [-0.05, 0) is 17.7 Å². The number of methoxy groups -OCH3 is 1. The first-order valence-electron chi connectivity index (χ1n) is 6.40. The van der Waals surface area contributed by atoms with Gasteiger partial charge in [0.15, 0.2) is 0 Å². The predicted molar refractivity (Wildman–Crippen MR) is 83.3 cm³/mol. The minimum atomic E-state index is -0.0268. The van der Waals surface area contributed by atoms with Crippen molar-refractivity contribution in [1.82, 2.24) is 9.36 Å². The van der Waals surface area contributed by atoms with E-state index in [0.717, 1.165) is 16.5 Å². The third kappa shape index (κ3) is 3.39. The second-order valence-electron chi connectivity index (χ2n) is 5.60. The number of aromatic nitrogens is 2. The zero-order chi connectivity index (χ0) is 14.8. The van der Waals surface area contributed by atoms with Crippen LogP contribution in [0.2, 0.25) is 0 Å². The molecule has 0 aliphatic rings. The molecule has 0 amide bonds. The van der Waals surface area contributed by atoms with Gasteiger partial charge in [0.25, 0.3) is 0 Å². The highest BCUT2D eigenvalue weighted by Gasteiger charge is 2.19. The van der Waals surface area contributed by atoms with Crippen molar-refractivity contribution in [3.8, 4) is 5.75 Å². The van der Waals surface area contributed by atoms with Crippen LogP contribution in [0.25, 0.3) is 0 Å². The van der Waals surface area contributed by atoms with Gasteiger partial charge >= 0.3 is 0 Å². The molecule has 2 aromatic rings. The van der Waals surface area contributed by atoms with Crippen LogP contribution >= 0.6 is 11.5 Å². The van der Waals surface area contributed by atoms with Crippen molar-refractivity contribution in [1.29, 1.82) is 0 Å². The predicted octanol–water partition coefficient (Wildman–Crippen LogP) is 3.04. The molecule has 0 unspecified atom stereocenters. The second-order valence-corrected chi connectivity index (χ2v) is 6.35. The fraction of sp³-hybridized carbons (Fsp3) is 0.429. The van der Waals surface area contributed by atoms with E-state index in [0.29, 0.717) is 18.0 Å². The van der Waals surface area contributed by atoms with E-state index in [-0.39, 0.29) is 5.41 Å². The van der Waals surface area contributed by atoms with E-state index in [1.807, 2.05) is 18.2 Å². The first kappa shape index (κ1) is 14.6. The van der Waals surface area contributed by atoms with Gasteiger partial charge in [0.05, 0.1) is 12.8 Å². The molecule has 0 atom stereocenters. The van der Waals surface area contributed by atoms with Crippen LogP contribution in [-0.4, -0.2) is 16.5 Å². The van der Waals surface area contributed by atoms with Gasteiger partial charge in [0.1, 0.15) is 11.6 Å². The van der Waals surface area contributed by atoms with Crippen molar-refractivity contribution in [2.75, 3.05) is 18.2 Å². The molecule has 20 heavy (non-hydrogen) atoms. The lowest BCUT2D eigenvalue weighted by Crippen LogP contribution is -2.13. The number of anilines is 2. The molecule has 0 bridgehead atoms. The lowest BCUT2D eigenvalue weighted by Gasteiger charge is -2.12. The Labute approximate surface area is 123 Å². The maximum Gasteiger partial charge on any atom is 0.202 e. The van der Waals surface area contributed by atoms with Gasteiger partial charge < -0.3 is 15.8 Å². The maximum absolute atomic E-state index is 5.88. The van der Waals surface area contributed by atoms with Crippen LogP contribution in [-0.2, 0) is 12.0 Å². The third-order valence-corrected chi connectivity index (χ3v) is 3.51. The Morgan fingerprint density at radius 1 is 1.35 bits per heavy atom. The Morgan fingerprint density at radius 2 is 2.10 bits per heavy atom. The number of nitrogens with two attached hydrogens (primary N) is 1. The highest BCUT2D eigenvalue weighted by atomic mass is 32.1. The van der Waals surface area contributed by atoms with E-state index in [1.54, 1.807) is 7.11 Å². The molecule has 108 valence electrons. The van der Waals surface area contributed by atoms with Crippen LogP contribution in [0.15, 0.2) is 18.2 Å². The zero-order valence-corrected chi connectivity index (χ0v) is 13.0. The van der Waals surface area contributed by atoms with Gasteiger partial charge in [0, 0.05) is 23.5 Å². The van der Waals surface area contributed by atoms with Gasteiger partial charge in [-0.1, -0.05) is 26.8 Å². The molecule has 0 saturated carbocycles. The van der Waals surface area contributed by atoms with E-state index in [1.165, 1.54) is 11.5 Å². The van der Waals surface area contributed by atoms with Crippen LogP contribution in [0.4, 0.5) is 10.8 Å². The summed E-state index contributed by atoms with van der Waals surface area (Å²) in [5.41, 5.74) is 7.57. The van der Waals surface area contributed by atoms with Gasteiger partial charge in [-0.25, -0.2) is 4.98 Å². The molecule has 0 spiro atoms. The lowest BCUT2D eigenvalue weighted by molar-refractivity contribution is 0.417.